The molecule has 0 saturated carbocycles. The van der Waals surface area contributed by atoms with Crippen LogP contribution in [-0.2, 0) is 50.4 Å². The molecule has 0 bridgehead atoms. The molecule has 422 valence electrons. The van der Waals surface area contributed by atoms with E-state index in [0.29, 0.717) is 23.7 Å². The summed E-state index contributed by atoms with van der Waals surface area (Å²) in [6.45, 7) is 26.3. The molecule has 0 heterocycles. The van der Waals surface area contributed by atoms with Gasteiger partial charge in [-0.2, -0.15) is 0 Å². The first-order valence-corrected chi connectivity index (χ1v) is 27.9. The van der Waals surface area contributed by atoms with Crippen LogP contribution in [0.4, 0.5) is 0 Å². The molecule has 9 aromatic carbocycles. The summed E-state index contributed by atoms with van der Waals surface area (Å²) in [6.07, 6.45) is 0. The van der Waals surface area contributed by atoms with Crippen LogP contribution in [0.1, 0.15) is 161 Å². The van der Waals surface area contributed by atoms with Crippen molar-refractivity contribution in [1.29, 1.82) is 0 Å². The molecule has 6 heteroatoms. The van der Waals surface area contributed by atoms with E-state index >= 15 is 0 Å². The van der Waals surface area contributed by atoms with Gasteiger partial charge in [0.2, 0.25) is 0 Å². The number of aliphatic hydroxyl groups excluding tert-OH is 1. The molecule has 0 aromatic heterocycles. The van der Waals surface area contributed by atoms with E-state index in [2.05, 4.69) is 204 Å². The van der Waals surface area contributed by atoms with Crippen molar-refractivity contribution < 1.29 is 25.2 Å². The highest BCUT2D eigenvalue weighted by Crippen LogP contribution is 2.46. The van der Waals surface area contributed by atoms with Crippen molar-refractivity contribution in [1.82, 2.24) is 0 Å². The molecule has 0 saturated heterocycles. The Balaban J connectivity index is 0.000000195. The molecule has 5 nitrogen and oxygen atoms in total. The third kappa shape index (κ3) is 13.6. The number of phenols is 3. The van der Waals surface area contributed by atoms with Crippen LogP contribution in [0, 0.1) is 0 Å². The van der Waals surface area contributed by atoms with Crippen molar-refractivity contribution in [3.8, 4) is 17.2 Å². The number of ether oxygens (including phenoxy) is 1. The van der Waals surface area contributed by atoms with Crippen LogP contribution < -0.4 is 0 Å². The summed E-state index contributed by atoms with van der Waals surface area (Å²) in [6, 6.07) is 76.5. The van der Waals surface area contributed by atoms with Crippen molar-refractivity contribution in [3.63, 3.8) is 0 Å². The van der Waals surface area contributed by atoms with Crippen LogP contribution in [0.5, 0.6) is 17.2 Å². The second kappa shape index (κ2) is 25.9. The lowest BCUT2D eigenvalue weighted by Gasteiger charge is -2.32. The zero-order chi connectivity index (χ0) is 58.1. The molecule has 0 atom stereocenters. The first kappa shape index (κ1) is 62.6. The number of hydrogen-bond donors (Lipinski definition) is 4. The molecule has 0 radical (unpaired) electrons. The maximum atomic E-state index is 11.1. The van der Waals surface area contributed by atoms with Gasteiger partial charge < -0.3 is 25.2 Å². The number of benzene rings is 9. The van der Waals surface area contributed by atoms with E-state index in [1.807, 2.05) is 103 Å². The second-order valence-corrected chi connectivity index (χ2v) is 24.3. The normalized spacial score (nSPS) is 12.0. The first-order chi connectivity index (χ1) is 37.9. The monoisotopic (exact) mass is 1080 g/mol. The quantitative estimate of drug-likeness (QED) is 0.0768. The van der Waals surface area contributed by atoms with Gasteiger partial charge in [0.15, 0.2) is 0 Å². The number of aliphatic hydroxyl groups is 1. The SMILES string of the molecule is CC(C)(c1ccccc1)c1cc(CO)c(O)c(C(C)(C)c2ccccc2)c1.CC(C)(c1ccccc1)c1ccc(O)c(C(C)(C)c2ccccc2)c1.COCc1cc(C(C)(C)c2ccccc2)cc(C(C)(C)c2ccccc2)c1O.[BH4-]. The summed E-state index contributed by atoms with van der Waals surface area (Å²) < 4.78 is 5.40. The lowest BCUT2D eigenvalue weighted by Crippen LogP contribution is -2.24. The first-order valence-electron chi connectivity index (χ1n) is 27.9. The summed E-state index contributed by atoms with van der Waals surface area (Å²) in [5.41, 5.74) is 13.2. The van der Waals surface area contributed by atoms with Crippen LogP contribution in [0.25, 0.3) is 0 Å². The molecule has 0 aliphatic heterocycles. The second-order valence-electron chi connectivity index (χ2n) is 24.3. The van der Waals surface area contributed by atoms with Gasteiger partial charge in [0, 0.05) is 67.4 Å². The number of phenolic OH excluding ortho intramolecular Hbond substituents is 2. The van der Waals surface area contributed by atoms with E-state index in [1.165, 1.54) is 38.9 Å². The van der Waals surface area contributed by atoms with Crippen LogP contribution in [0.2, 0.25) is 0 Å². The van der Waals surface area contributed by atoms with Gasteiger partial charge in [-0.1, -0.05) is 298 Å². The Hall–Kier alpha value is -7.64. The van der Waals surface area contributed by atoms with Gasteiger partial charge in [-0.25, -0.2) is 0 Å². The van der Waals surface area contributed by atoms with Crippen LogP contribution in [0.3, 0.4) is 0 Å². The molecule has 0 spiro atoms. The van der Waals surface area contributed by atoms with Gasteiger partial charge >= 0.3 is 0 Å². The molecule has 9 rings (SSSR count). The van der Waals surface area contributed by atoms with Gasteiger partial charge in [0.1, 0.15) is 17.2 Å². The van der Waals surface area contributed by atoms with Crippen molar-refractivity contribution >= 4 is 8.41 Å². The van der Waals surface area contributed by atoms with Gasteiger partial charge in [-0.15, -0.1) is 0 Å². The fraction of sp³-hybridized carbons (Fsp3) is 0.280. The zero-order valence-electron chi connectivity index (χ0n) is 49.5. The standard InChI is InChI=1S/C26H30O2.C25H28O2.C24H26O.BH4/c1-25(2,20-12-8-6-9-13-20)22-16-19(18-28-5)24(27)23(17-22)26(3,4)21-14-10-7-11-15-21;1-24(2,19-11-7-5-8-12-19)21-15-18(17-26)23(27)22(16-21)25(3,4)20-13-9-6-10-14-20;1-23(2,18-11-7-5-8-12-18)20-15-16-22(25)21(17-20)24(3,4)19-13-9-6-10-14-19;/h6-17,27H,18H2,1-5H3;5-16,26-27H,17H2,1-4H3;5-17,25H,1-4H3;1H4/q;;;-1. The van der Waals surface area contributed by atoms with Gasteiger partial charge in [-0.3, -0.25) is 0 Å². The van der Waals surface area contributed by atoms with Gasteiger partial charge in [-0.05, 0) is 68.3 Å². The summed E-state index contributed by atoms with van der Waals surface area (Å²) in [4.78, 5) is 0. The third-order valence-electron chi connectivity index (χ3n) is 17.0. The Morgan fingerprint density at radius 2 is 0.556 bits per heavy atom. The number of methoxy groups -OCH3 is 1. The number of rotatable bonds is 15. The lowest BCUT2D eigenvalue weighted by atomic mass is 9.72. The van der Waals surface area contributed by atoms with E-state index in [9.17, 15) is 20.4 Å². The minimum atomic E-state index is -0.391. The zero-order valence-corrected chi connectivity index (χ0v) is 49.5. The van der Waals surface area contributed by atoms with E-state index in [-0.39, 0.29) is 47.8 Å². The summed E-state index contributed by atoms with van der Waals surface area (Å²) in [7, 11) is 1.66. The third-order valence-corrected chi connectivity index (χ3v) is 17.0. The maximum absolute atomic E-state index is 11.1. The van der Waals surface area contributed by atoms with Crippen LogP contribution in [0.15, 0.2) is 224 Å². The predicted molar refractivity (Wildman–Crippen MR) is 344 cm³/mol. The van der Waals surface area contributed by atoms with Gasteiger partial charge in [0.05, 0.1) is 13.2 Å². The molecule has 0 aliphatic rings. The maximum Gasteiger partial charge on any atom is 0.125 e. The minimum Gasteiger partial charge on any atom is -0.508 e. The molecule has 0 amide bonds. The molecule has 9 aromatic rings. The largest absolute Gasteiger partial charge is 0.508 e. The lowest BCUT2D eigenvalue weighted by molar-refractivity contribution is 0.181. The van der Waals surface area contributed by atoms with E-state index in [0.717, 1.165) is 33.4 Å². The smallest absolute Gasteiger partial charge is 0.125 e. The molecule has 0 unspecified atom stereocenters. The minimum absolute atomic E-state index is 0. The Bertz CT molecular complexity index is 3420. The summed E-state index contributed by atoms with van der Waals surface area (Å²) in [5.74, 6) is 0.851. The van der Waals surface area contributed by atoms with E-state index in [1.54, 1.807) is 7.11 Å². The van der Waals surface area contributed by atoms with E-state index in [4.69, 9.17) is 4.74 Å². The summed E-state index contributed by atoms with van der Waals surface area (Å²) >= 11 is 0. The fourth-order valence-corrected chi connectivity index (χ4v) is 11.0. The Kier molecular flexibility index (Phi) is 20.0. The fourth-order valence-electron chi connectivity index (χ4n) is 11.0. The molecule has 4 N–H and O–H groups in total. The molecule has 0 fully saturated rings. The topological polar surface area (TPSA) is 90.2 Å². The average molecular weight is 1080 g/mol. The number of hydrogen-bond acceptors (Lipinski definition) is 5. The highest BCUT2D eigenvalue weighted by molar-refractivity contribution is 5.75. The van der Waals surface area contributed by atoms with Crippen molar-refractivity contribution in [3.05, 3.63) is 302 Å². The highest BCUT2D eigenvalue weighted by Gasteiger charge is 2.34. The summed E-state index contributed by atoms with van der Waals surface area (Å²) in [5, 5.41) is 42.4. The molecule has 0 aliphatic carbocycles. The van der Waals surface area contributed by atoms with Crippen molar-refractivity contribution in [2.45, 2.75) is 129 Å². The molecular weight excluding hydrogens is 992 g/mol. The highest BCUT2D eigenvalue weighted by atomic mass is 16.5. The van der Waals surface area contributed by atoms with Crippen molar-refractivity contribution in [2.24, 2.45) is 0 Å². The Labute approximate surface area is 486 Å². The molecule has 81 heavy (non-hydrogen) atoms. The molecular formula is C75H88BO5-. The van der Waals surface area contributed by atoms with E-state index < -0.39 is 5.41 Å². The van der Waals surface area contributed by atoms with Crippen LogP contribution in [-0.4, -0.2) is 35.9 Å². The predicted octanol–water partition coefficient (Wildman–Crippen LogP) is 16.3. The average Bonchev–Trinajstić information content (AvgIpc) is 3.55. The van der Waals surface area contributed by atoms with Crippen LogP contribution >= 0.6 is 0 Å². The van der Waals surface area contributed by atoms with Crippen molar-refractivity contribution in [2.75, 3.05) is 7.11 Å². The van der Waals surface area contributed by atoms with Gasteiger partial charge in [0.25, 0.3) is 0 Å². The Morgan fingerprint density at radius 3 is 0.864 bits per heavy atom. The Morgan fingerprint density at radius 1 is 0.296 bits per heavy atom. The number of aromatic hydroxyl groups is 3.